The van der Waals surface area contributed by atoms with E-state index in [9.17, 15) is 4.79 Å². The molecule has 0 unspecified atom stereocenters. The van der Waals surface area contributed by atoms with Crippen LogP contribution in [-0.2, 0) is 9.16 Å². The van der Waals surface area contributed by atoms with Gasteiger partial charge in [0.15, 0.2) is 5.69 Å². The molecule has 1 atom stereocenters. The maximum absolute atomic E-state index is 11.8. The van der Waals surface area contributed by atoms with E-state index >= 15 is 0 Å². The van der Waals surface area contributed by atoms with Crippen molar-refractivity contribution < 1.29 is 18.4 Å². The third kappa shape index (κ3) is 4.04. The van der Waals surface area contributed by atoms with Crippen LogP contribution >= 0.6 is 0 Å². The Morgan fingerprint density at radius 3 is 1.97 bits per heavy atom. The fourth-order valence-electron chi connectivity index (χ4n) is 3.68. The van der Waals surface area contributed by atoms with Crippen LogP contribution in [0.1, 0.15) is 50.2 Å². The van der Waals surface area contributed by atoms with Crippen molar-refractivity contribution in [2.24, 2.45) is 0 Å². The number of hydrogen-bond acceptors (Lipinski definition) is 5. The molecule has 2 aromatic carbocycles. The summed E-state index contributed by atoms with van der Waals surface area (Å²) in [6.07, 6.45) is 0.867. The van der Waals surface area contributed by atoms with E-state index in [1.807, 2.05) is 43.3 Å². The van der Waals surface area contributed by atoms with Gasteiger partial charge in [0.25, 0.3) is 8.32 Å². The van der Waals surface area contributed by atoms with Crippen molar-refractivity contribution in [3.8, 4) is 0 Å². The molecule has 1 aromatic heterocycles. The zero-order valence-electron chi connectivity index (χ0n) is 17.5. The van der Waals surface area contributed by atoms with Gasteiger partial charge in [0, 0.05) is 0 Å². The summed E-state index contributed by atoms with van der Waals surface area (Å²) in [5.41, 5.74) is 0.139. The lowest BCUT2D eigenvalue weighted by molar-refractivity contribution is 0.0594. The molecular formula is C23H27NO4Si. The first-order chi connectivity index (χ1) is 13.8. The second-order valence-electron chi connectivity index (χ2n) is 7.99. The van der Waals surface area contributed by atoms with Crippen molar-refractivity contribution in [3.05, 3.63) is 78.5 Å². The molecule has 0 radical (unpaired) electrons. The summed E-state index contributed by atoms with van der Waals surface area (Å²) in [6, 6.07) is 20.7. The number of rotatable bonds is 6. The fraction of sp³-hybridized carbons (Fsp3) is 0.304. The second-order valence-corrected chi connectivity index (χ2v) is 12.2. The van der Waals surface area contributed by atoms with Gasteiger partial charge in [0.05, 0.1) is 7.11 Å². The molecule has 0 aliphatic carbocycles. The first-order valence-electron chi connectivity index (χ1n) is 9.62. The van der Waals surface area contributed by atoms with Gasteiger partial charge >= 0.3 is 5.97 Å². The van der Waals surface area contributed by atoms with Crippen LogP contribution in [-0.4, -0.2) is 26.4 Å². The standard InChI is InChI=1S/C23H27NO4Si/c1-17(21-24-20(16-27-21)22(25)26-5)28-29(23(2,3)4,18-12-8-6-9-13-18)19-14-10-7-11-15-19/h6-17H,1-5H3/t17-/m0/s1. The highest BCUT2D eigenvalue weighted by Gasteiger charge is 2.51. The van der Waals surface area contributed by atoms with Crippen LogP contribution in [0.3, 0.4) is 0 Å². The molecule has 6 heteroatoms. The molecule has 0 fully saturated rings. The Morgan fingerprint density at radius 1 is 1.00 bits per heavy atom. The molecule has 152 valence electrons. The first-order valence-corrected chi connectivity index (χ1v) is 11.5. The third-order valence-electron chi connectivity index (χ3n) is 5.03. The van der Waals surface area contributed by atoms with Crippen LogP contribution in [0.25, 0.3) is 0 Å². The number of nitrogens with zero attached hydrogens (tertiary/aromatic N) is 1. The smallest absolute Gasteiger partial charge is 0.360 e. The summed E-state index contributed by atoms with van der Waals surface area (Å²) < 4.78 is 17.2. The lowest BCUT2D eigenvalue weighted by Gasteiger charge is -2.44. The Kier molecular flexibility index (Phi) is 6.05. The van der Waals surface area contributed by atoms with E-state index in [2.05, 4.69) is 50.0 Å². The normalized spacial score (nSPS) is 13.1. The van der Waals surface area contributed by atoms with Crippen molar-refractivity contribution in [1.82, 2.24) is 4.98 Å². The van der Waals surface area contributed by atoms with Crippen LogP contribution in [0.4, 0.5) is 0 Å². The van der Waals surface area contributed by atoms with Crippen LogP contribution < -0.4 is 10.4 Å². The van der Waals surface area contributed by atoms with Crippen molar-refractivity contribution in [2.45, 2.75) is 38.8 Å². The average Bonchev–Trinajstić information content (AvgIpc) is 3.22. The summed E-state index contributed by atoms with van der Waals surface area (Å²) in [5.74, 6) is -0.170. The summed E-state index contributed by atoms with van der Waals surface area (Å²) >= 11 is 0. The van der Waals surface area contributed by atoms with Crippen molar-refractivity contribution in [2.75, 3.05) is 7.11 Å². The molecule has 0 amide bonds. The predicted molar refractivity (Wildman–Crippen MR) is 115 cm³/mol. The molecule has 5 nitrogen and oxygen atoms in total. The van der Waals surface area contributed by atoms with Gasteiger partial charge in [-0.25, -0.2) is 9.78 Å². The molecular weight excluding hydrogens is 382 g/mol. The Bertz CT molecular complexity index is 908. The molecule has 0 N–H and O–H groups in total. The average molecular weight is 410 g/mol. The Morgan fingerprint density at radius 2 is 1.52 bits per heavy atom. The Balaban J connectivity index is 2.10. The minimum atomic E-state index is -2.74. The molecule has 1 heterocycles. The zero-order valence-corrected chi connectivity index (χ0v) is 18.5. The largest absolute Gasteiger partial charge is 0.464 e. The highest BCUT2D eigenvalue weighted by molar-refractivity contribution is 6.99. The van der Waals surface area contributed by atoms with Gasteiger partial charge in [0.2, 0.25) is 5.89 Å². The van der Waals surface area contributed by atoms with Crippen LogP contribution in [0.5, 0.6) is 0 Å². The summed E-state index contributed by atoms with van der Waals surface area (Å²) in [6.45, 7) is 8.54. The quantitative estimate of drug-likeness (QED) is 0.453. The molecule has 0 saturated heterocycles. The highest BCUT2D eigenvalue weighted by Crippen LogP contribution is 2.39. The van der Waals surface area contributed by atoms with E-state index in [1.54, 1.807) is 0 Å². The number of aromatic nitrogens is 1. The van der Waals surface area contributed by atoms with Gasteiger partial charge in [-0.05, 0) is 22.3 Å². The SMILES string of the molecule is COC(=O)c1coc([C@H](C)O[Si](c2ccccc2)(c2ccccc2)C(C)(C)C)n1. The van der Waals surface area contributed by atoms with Crippen molar-refractivity contribution >= 4 is 24.7 Å². The molecule has 3 rings (SSSR count). The fourth-order valence-corrected chi connectivity index (χ4v) is 8.33. The molecule has 3 aromatic rings. The molecule has 0 bridgehead atoms. The molecule has 0 aliphatic heterocycles. The van der Waals surface area contributed by atoms with E-state index in [0.29, 0.717) is 5.89 Å². The Labute approximate surface area is 172 Å². The zero-order chi connectivity index (χ0) is 21.1. The van der Waals surface area contributed by atoms with Crippen LogP contribution in [0, 0.1) is 0 Å². The van der Waals surface area contributed by atoms with Crippen molar-refractivity contribution in [1.29, 1.82) is 0 Å². The number of hydrogen-bond donors (Lipinski definition) is 0. The number of oxazole rings is 1. The topological polar surface area (TPSA) is 61.6 Å². The monoisotopic (exact) mass is 409 g/mol. The van der Waals surface area contributed by atoms with E-state index in [0.717, 1.165) is 0 Å². The summed E-state index contributed by atoms with van der Waals surface area (Å²) in [4.78, 5) is 16.1. The predicted octanol–water partition coefficient (Wildman–Crippen LogP) is 4.10. The van der Waals surface area contributed by atoms with Crippen LogP contribution in [0.15, 0.2) is 71.3 Å². The summed E-state index contributed by atoms with van der Waals surface area (Å²) in [5, 5.41) is 2.18. The van der Waals surface area contributed by atoms with E-state index in [-0.39, 0.29) is 10.7 Å². The number of benzene rings is 2. The van der Waals surface area contributed by atoms with Gasteiger partial charge in [-0.3, -0.25) is 0 Å². The lowest BCUT2D eigenvalue weighted by atomic mass is 10.2. The minimum absolute atomic E-state index is 0.139. The molecule has 0 spiro atoms. The van der Waals surface area contributed by atoms with Gasteiger partial charge < -0.3 is 13.6 Å². The summed E-state index contributed by atoms with van der Waals surface area (Å²) in [7, 11) is -1.42. The first kappa shape index (κ1) is 21.0. The van der Waals surface area contributed by atoms with E-state index < -0.39 is 20.4 Å². The molecule has 29 heavy (non-hydrogen) atoms. The maximum atomic E-state index is 11.8. The Hall–Kier alpha value is -2.70. The minimum Gasteiger partial charge on any atom is -0.464 e. The van der Waals surface area contributed by atoms with E-state index in [1.165, 1.54) is 23.7 Å². The van der Waals surface area contributed by atoms with Gasteiger partial charge in [-0.1, -0.05) is 81.4 Å². The third-order valence-corrected chi connectivity index (χ3v) is 10.1. The van der Waals surface area contributed by atoms with Gasteiger partial charge in [0.1, 0.15) is 12.4 Å². The molecule has 0 saturated carbocycles. The highest BCUT2D eigenvalue weighted by atomic mass is 28.4. The number of ether oxygens (including phenoxy) is 1. The molecule has 0 aliphatic rings. The van der Waals surface area contributed by atoms with Crippen LogP contribution in [0.2, 0.25) is 5.04 Å². The van der Waals surface area contributed by atoms with Gasteiger partial charge in [-0.2, -0.15) is 0 Å². The second kappa shape index (κ2) is 8.35. The van der Waals surface area contributed by atoms with E-state index in [4.69, 9.17) is 13.6 Å². The van der Waals surface area contributed by atoms with Crippen molar-refractivity contribution in [3.63, 3.8) is 0 Å². The maximum Gasteiger partial charge on any atom is 0.360 e. The van der Waals surface area contributed by atoms with Gasteiger partial charge in [-0.15, -0.1) is 0 Å². The number of carbonyl (C=O) groups is 1. The number of methoxy groups -OCH3 is 1. The number of carbonyl (C=O) groups excluding carboxylic acids is 1. The lowest BCUT2D eigenvalue weighted by Crippen LogP contribution is -2.66. The number of esters is 1.